The zero-order valence-corrected chi connectivity index (χ0v) is 21.2. The number of hydrogen-bond acceptors (Lipinski definition) is 2. The summed E-state index contributed by atoms with van der Waals surface area (Å²) < 4.78 is 13.5. The Morgan fingerprint density at radius 1 is 0.757 bits per heavy atom. The second kappa shape index (κ2) is 11.5. The molecule has 2 atom stereocenters. The lowest BCUT2D eigenvalue weighted by Gasteiger charge is -2.46. The van der Waals surface area contributed by atoms with Crippen LogP contribution in [-0.2, 0) is 17.8 Å². The fraction of sp³-hybridized carbons (Fsp3) is 0.242. The van der Waals surface area contributed by atoms with E-state index in [1.807, 2.05) is 78.9 Å². The molecule has 0 unspecified atom stereocenters. The minimum Gasteiger partial charge on any atom is -0.336 e. The van der Waals surface area contributed by atoms with Crippen LogP contribution in [0.2, 0.25) is 0 Å². The number of hydrogen-bond donors (Lipinski definition) is 0. The van der Waals surface area contributed by atoms with Gasteiger partial charge >= 0.3 is 0 Å². The highest BCUT2D eigenvalue weighted by molar-refractivity contribution is 5.87. The molecule has 37 heavy (non-hydrogen) atoms. The van der Waals surface area contributed by atoms with Gasteiger partial charge in [-0.1, -0.05) is 103 Å². The van der Waals surface area contributed by atoms with Crippen LogP contribution >= 0.6 is 0 Å². The van der Waals surface area contributed by atoms with E-state index in [1.165, 1.54) is 17.7 Å². The maximum Gasteiger partial charge on any atom is 0.234 e. The molecule has 5 rings (SSSR count). The number of rotatable bonds is 7. The van der Waals surface area contributed by atoms with E-state index in [-0.39, 0.29) is 29.7 Å². The topological polar surface area (TPSA) is 23.6 Å². The van der Waals surface area contributed by atoms with Crippen molar-refractivity contribution in [2.24, 2.45) is 0 Å². The molecule has 3 nitrogen and oxygen atoms in total. The highest BCUT2D eigenvalue weighted by Crippen LogP contribution is 2.30. The van der Waals surface area contributed by atoms with Crippen molar-refractivity contribution in [3.63, 3.8) is 0 Å². The summed E-state index contributed by atoms with van der Waals surface area (Å²) in [6, 6.07) is 37.6. The highest BCUT2D eigenvalue weighted by Gasteiger charge is 2.37. The number of carbonyl (C=O) groups excluding carboxylic acids is 1. The van der Waals surface area contributed by atoms with Crippen molar-refractivity contribution in [1.82, 2.24) is 9.80 Å². The lowest BCUT2D eigenvalue weighted by atomic mass is 9.88. The van der Waals surface area contributed by atoms with Gasteiger partial charge in [-0.25, -0.2) is 4.39 Å². The lowest BCUT2D eigenvalue weighted by Crippen LogP contribution is -2.60. The van der Waals surface area contributed by atoms with Crippen LogP contribution in [0.5, 0.6) is 0 Å². The summed E-state index contributed by atoms with van der Waals surface area (Å²) in [4.78, 5) is 18.8. The van der Waals surface area contributed by atoms with Crippen LogP contribution in [0.25, 0.3) is 0 Å². The van der Waals surface area contributed by atoms with Crippen molar-refractivity contribution < 1.29 is 9.18 Å². The number of amides is 1. The van der Waals surface area contributed by atoms with Crippen LogP contribution in [-0.4, -0.2) is 40.9 Å². The van der Waals surface area contributed by atoms with E-state index >= 15 is 0 Å². The molecule has 1 amide bonds. The second-order valence-corrected chi connectivity index (χ2v) is 9.99. The van der Waals surface area contributed by atoms with Crippen LogP contribution < -0.4 is 0 Å². The zero-order valence-electron chi connectivity index (χ0n) is 21.2. The van der Waals surface area contributed by atoms with Crippen LogP contribution in [0.4, 0.5) is 4.39 Å². The van der Waals surface area contributed by atoms with Crippen LogP contribution in [0.3, 0.4) is 0 Å². The molecule has 4 aromatic rings. The summed E-state index contributed by atoms with van der Waals surface area (Å²) in [6.45, 7) is 4.27. The van der Waals surface area contributed by atoms with E-state index in [0.717, 1.165) is 36.2 Å². The largest absolute Gasteiger partial charge is 0.336 e. The Morgan fingerprint density at radius 3 is 1.86 bits per heavy atom. The first kappa shape index (κ1) is 24.9. The molecule has 0 N–H and O–H groups in total. The van der Waals surface area contributed by atoms with Crippen LogP contribution in [0, 0.1) is 5.82 Å². The van der Waals surface area contributed by atoms with Gasteiger partial charge in [0.25, 0.3) is 0 Å². The van der Waals surface area contributed by atoms with E-state index in [2.05, 4.69) is 41.0 Å². The van der Waals surface area contributed by atoms with Gasteiger partial charge in [0.05, 0.1) is 5.92 Å². The average Bonchev–Trinajstić information content (AvgIpc) is 2.93. The van der Waals surface area contributed by atoms with Crippen molar-refractivity contribution in [3.8, 4) is 0 Å². The average molecular weight is 493 g/mol. The molecule has 0 bridgehead atoms. The van der Waals surface area contributed by atoms with Crippen LogP contribution in [0.15, 0.2) is 115 Å². The van der Waals surface area contributed by atoms with Gasteiger partial charge in [-0.15, -0.1) is 0 Å². The first-order valence-corrected chi connectivity index (χ1v) is 13.0. The molecule has 1 fully saturated rings. The summed E-state index contributed by atoms with van der Waals surface area (Å²) in [7, 11) is 0. The van der Waals surface area contributed by atoms with Crippen molar-refractivity contribution in [1.29, 1.82) is 0 Å². The summed E-state index contributed by atoms with van der Waals surface area (Å²) in [6.07, 6.45) is 0.847. The van der Waals surface area contributed by atoms with E-state index in [1.54, 1.807) is 0 Å². The van der Waals surface area contributed by atoms with Gasteiger partial charge < -0.3 is 4.90 Å². The Morgan fingerprint density at radius 2 is 1.30 bits per heavy atom. The maximum atomic E-state index is 14.3. The van der Waals surface area contributed by atoms with E-state index < -0.39 is 0 Å². The number of halogens is 1. The molecule has 0 spiro atoms. The van der Waals surface area contributed by atoms with E-state index in [4.69, 9.17) is 0 Å². The Kier molecular flexibility index (Phi) is 7.76. The molecule has 4 heteroatoms. The fourth-order valence-electron chi connectivity index (χ4n) is 5.45. The minimum atomic E-state index is -0.342. The minimum absolute atomic E-state index is 0.0508. The zero-order chi connectivity index (χ0) is 25.6. The predicted octanol–water partition coefficient (Wildman–Crippen LogP) is 6.30. The molecule has 1 aliphatic heterocycles. The monoisotopic (exact) mass is 492 g/mol. The van der Waals surface area contributed by atoms with Gasteiger partial charge in [0, 0.05) is 31.7 Å². The predicted molar refractivity (Wildman–Crippen MR) is 147 cm³/mol. The SMILES string of the molecule is C[C@@H]1CN(Cc2ccc(F)cc2)[C@H](Cc2ccccc2)CN1C(=O)C(c1ccccc1)c1ccccc1. The maximum absolute atomic E-state index is 14.3. The first-order chi connectivity index (χ1) is 18.1. The Labute approximate surface area is 219 Å². The number of piperazine rings is 1. The Bertz CT molecular complexity index is 1240. The molecule has 4 aromatic carbocycles. The summed E-state index contributed by atoms with van der Waals surface area (Å²) in [5.41, 5.74) is 4.36. The third kappa shape index (κ3) is 5.98. The smallest absolute Gasteiger partial charge is 0.234 e. The molecule has 1 heterocycles. The highest BCUT2D eigenvalue weighted by atomic mass is 19.1. The molecule has 1 aliphatic rings. The molecule has 0 aliphatic carbocycles. The van der Waals surface area contributed by atoms with Crippen molar-refractivity contribution in [3.05, 3.63) is 143 Å². The Balaban J connectivity index is 1.44. The van der Waals surface area contributed by atoms with Crippen molar-refractivity contribution >= 4 is 5.91 Å². The van der Waals surface area contributed by atoms with Gasteiger partial charge in [0.15, 0.2) is 0 Å². The molecule has 1 saturated heterocycles. The molecular weight excluding hydrogens is 459 g/mol. The van der Waals surface area contributed by atoms with Gasteiger partial charge in [-0.3, -0.25) is 9.69 Å². The Hall–Kier alpha value is -3.76. The van der Waals surface area contributed by atoms with Crippen molar-refractivity contribution in [2.75, 3.05) is 13.1 Å². The molecular formula is C33H33FN2O. The van der Waals surface area contributed by atoms with Gasteiger partial charge in [0.2, 0.25) is 5.91 Å². The quantitative estimate of drug-likeness (QED) is 0.302. The lowest BCUT2D eigenvalue weighted by molar-refractivity contribution is -0.138. The number of nitrogens with zero attached hydrogens (tertiary/aromatic N) is 2. The second-order valence-electron chi connectivity index (χ2n) is 9.99. The molecule has 0 aromatic heterocycles. The van der Waals surface area contributed by atoms with E-state index in [9.17, 15) is 9.18 Å². The normalized spacial score (nSPS) is 18.2. The van der Waals surface area contributed by atoms with E-state index in [0.29, 0.717) is 6.54 Å². The molecule has 0 radical (unpaired) electrons. The third-order valence-corrected chi connectivity index (χ3v) is 7.36. The first-order valence-electron chi connectivity index (χ1n) is 13.0. The summed E-state index contributed by atoms with van der Waals surface area (Å²) >= 11 is 0. The number of benzene rings is 4. The van der Waals surface area contributed by atoms with Crippen molar-refractivity contribution in [2.45, 2.75) is 37.9 Å². The summed E-state index contributed by atoms with van der Waals surface area (Å²) in [5.74, 6) is -0.420. The van der Waals surface area contributed by atoms with Gasteiger partial charge in [0.1, 0.15) is 5.82 Å². The molecule has 0 saturated carbocycles. The molecule has 188 valence electrons. The van der Waals surface area contributed by atoms with Gasteiger partial charge in [-0.2, -0.15) is 0 Å². The third-order valence-electron chi connectivity index (χ3n) is 7.36. The standard InChI is InChI=1S/C33H33FN2O/c1-25-22-35(23-27-17-19-30(34)20-18-27)31(21-26-11-5-2-6-12-26)24-36(25)33(37)32(28-13-7-3-8-14-28)29-15-9-4-10-16-29/h2-20,25,31-32H,21-24H2,1H3/t25-,31-/m1/s1. The van der Waals surface area contributed by atoms with Crippen LogP contribution in [0.1, 0.15) is 35.1 Å². The fourth-order valence-corrected chi connectivity index (χ4v) is 5.45. The summed E-state index contributed by atoms with van der Waals surface area (Å²) in [5, 5.41) is 0. The number of carbonyl (C=O) groups is 1. The van der Waals surface area contributed by atoms with Gasteiger partial charge in [-0.05, 0) is 47.7 Å².